The number of ether oxygens (including phenoxy) is 1. The second-order valence-electron chi connectivity index (χ2n) is 8.69. The van der Waals surface area contributed by atoms with Crippen LogP contribution in [0.3, 0.4) is 0 Å². The van der Waals surface area contributed by atoms with E-state index in [1.54, 1.807) is 17.0 Å². The Morgan fingerprint density at radius 3 is 2.02 bits per heavy atom. The van der Waals surface area contributed by atoms with Crippen LogP contribution >= 0.6 is 11.6 Å². The van der Waals surface area contributed by atoms with Gasteiger partial charge in [-0.1, -0.05) is 42.5 Å². The Morgan fingerprint density at radius 2 is 1.48 bits per heavy atom. The average molecular weight is 634 g/mol. The first-order valence-corrected chi connectivity index (χ1v) is 12.5. The van der Waals surface area contributed by atoms with E-state index >= 15 is 0 Å². The maximum absolute atomic E-state index is 13.3. The molecular weight excluding hydrogens is 609 g/mol. The molecule has 1 amide bonds. The van der Waals surface area contributed by atoms with Crippen LogP contribution in [0.4, 0.5) is 14.5 Å². The van der Waals surface area contributed by atoms with Crippen molar-refractivity contribution in [3.63, 3.8) is 0 Å². The number of β-lactam (4-membered cyclic amide) rings is 1. The first-order chi connectivity index (χ1) is 18.4. The largest absolute Gasteiger partial charge is 2.00 e. The maximum atomic E-state index is 13.3. The molecule has 0 aliphatic carbocycles. The molecule has 1 fully saturated rings. The van der Waals surface area contributed by atoms with Crippen LogP contribution in [0.1, 0.15) is 30.0 Å². The van der Waals surface area contributed by atoms with Crippen LogP contribution in [0.15, 0.2) is 103 Å². The first kappa shape index (κ1) is 33.1. The van der Waals surface area contributed by atoms with Gasteiger partial charge in [0.1, 0.15) is 18.2 Å². The van der Waals surface area contributed by atoms with E-state index in [0.717, 1.165) is 16.9 Å². The zero-order chi connectivity index (χ0) is 26.9. The standard InChI is InChI=1S/C25H21ClFNO3.C6H4F.ClH.Zn/c26-23(29)15-14-22-24(28(25(22)30)20-10-8-19(27)9-11-20)18-6-12-21(13-7-18)31-16-17-4-2-1-3-5-17;7-6-4-2-1-3-5-6;;/h1-13,22,24H,14-16H2;2-5H;1H;/q;-1;;+2/p-1. The number of anilines is 1. The number of amides is 1. The Hall–Kier alpha value is -3.12. The molecule has 5 rings (SSSR count). The van der Waals surface area contributed by atoms with Crippen molar-refractivity contribution in [2.75, 3.05) is 4.90 Å². The quantitative estimate of drug-likeness (QED) is 0.126. The van der Waals surface area contributed by atoms with Crippen molar-refractivity contribution in [1.82, 2.24) is 0 Å². The maximum Gasteiger partial charge on any atom is 2.00 e. The molecule has 0 saturated carbocycles. The zero-order valence-electron chi connectivity index (χ0n) is 21.5. The number of benzene rings is 4. The van der Waals surface area contributed by atoms with E-state index in [2.05, 4.69) is 6.07 Å². The van der Waals surface area contributed by atoms with Gasteiger partial charge in [0.05, 0.1) is 12.0 Å². The van der Waals surface area contributed by atoms with Crippen LogP contribution in [-0.4, -0.2) is 11.1 Å². The SMILES string of the molecule is Fc1cc[c-]cc1.O=C(Cl)CCC1C(=O)N(c2ccc(F)cc2)C1c1ccc(OCc2ccccc2)cc1.[Cl-].[Zn+2]. The fourth-order valence-corrected chi connectivity index (χ4v) is 4.35. The third-order valence-corrected chi connectivity index (χ3v) is 6.31. The predicted molar refractivity (Wildman–Crippen MR) is 143 cm³/mol. The number of hydrogen-bond donors (Lipinski definition) is 0. The summed E-state index contributed by atoms with van der Waals surface area (Å²) in [6.07, 6.45) is 0.500. The predicted octanol–water partition coefficient (Wildman–Crippen LogP) is 4.28. The molecule has 0 aromatic heterocycles. The molecule has 0 spiro atoms. The topological polar surface area (TPSA) is 46.6 Å². The second kappa shape index (κ2) is 16.2. The van der Waals surface area contributed by atoms with Gasteiger partial charge in [-0.2, -0.15) is 18.2 Å². The van der Waals surface area contributed by atoms with Crippen LogP contribution in [0.2, 0.25) is 0 Å². The summed E-state index contributed by atoms with van der Waals surface area (Å²) in [5.74, 6) is -0.307. The molecule has 0 radical (unpaired) electrons. The molecule has 1 aliphatic heterocycles. The Balaban J connectivity index is 0.000000545. The minimum absolute atomic E-state index is 0. The van der Waals surface area contributed by atoms with Crippen molar-refractivity contribution in [2.45, 2.75) is 25.5 Å². The second-order valence-corrected chi connectivity index (χ2v) is 9.11. The van der Waals surface area contributed by atoms with Crippen LogP contribution in [0.25, 0.3) is 0 Å². The number of nitrogens with zero attached hydrogens (tertiary/aromatic N) is 1. The molecule has 1 heterocycles. The van der Waals surface area contributed by atoms with E-state index in [0.29, 0.717) is 18.7 Å². The number of hydrogen-bond acceptors (Lipinski definition) is 3. The smallest absolute Gasteiger partial charge is 1.00 e. The van der Waals surface area contributed by atoms with Gasteiger partial charge in [-0.3, -0.25) is 9.59 Å². The van der Waals surface area contributed by atoms with E-state index in [1.165, 1.54) is 36.4 Å². The molecular formula is C31H25Cl2F2NO3Zn. The number of carbonyl (C=O) groups is 2. The Kier molecular flexibility index (Phi) is 13.4. The van der Waals surface area contributed by atoms with Gasteiger partial charge in [-0.25, -0.2) is 8.78 Å². The normalized spacial score (nSPS) is 15.4. The number of rotatable bonds is 8. The molecule has 9 heteroatoms. The van der Waals surface area contributed by atoms with Crippen LogP contribution in [-0.2, 0) is 35.7 Å². The number of halogens is 4. The summed E-state index contributed by atoms with van der Waals surface area (Å²) in [7, 11) is 0. The van der Waals surface area contributed by atoms with Crippen molar-refractivity contribution in [1.29, 1.82) is 0 Å². The minimum Gasteiger partial charge on any atom is -1.00 e. The van der Waals surface area contributed by atoms with Crippen molar-refractivity contribution < 1.29 is 55.0 Å². The van der Waals surface area contributed by atoms with Crippen LogP contribution in [0.5, 0.6) is 5.75 Å². The Labute approximate surface area is 256 Å². The fourth-order valence-electron chi connectivity index (χ4n) is 4.24. The van der Waals surface area contributed by atoms with E-state index in [4.69, 9.17) is 16.3 Å². The van der Waals surface area contributed by atoms with E-state index in [-0.39, 0.29) is 67.8 Å². The number of carbonyl (C=O) groups excluding carboxylic acids is 2. The summed E-state index contributed by atoms with van der Waals surface area (Å²) in [5, 5.41) is -0.462. The molecule has 0 N–H and O–H groups in total. The summed E-state index contributed by atoms with van der Waals surface area (Å²) in [6, 6.07) is 31.5. The van der Waals surface area contributed by atoms with E-state index in [1.807, 2.05) is 54.6 Å². The molecule has 1 aliphatic rings. The third kappa shape index (κ3) is 8.95. The van der Waals surface area contributed by atoms with Gasteiger partial charge >= 0.3 is 19.5 Å². The third-order valence-electron chi connectivity index (χ3n) is 6.12. The minimum atomic E-state index is -0.462. The summed E-state index contributed by atoms with van der Waals surface area (Å²) in [4.78, 5) is 25.7. The van der Waals surface area contributed by atoms with Gasteiger partial charge in [0.15, 0.2) is 0 Å². The van der Waals surface area contributed by atoms with Gasteiger partial charge < -0.3 is 22.0 Å². The average Bonchev–Trinajstić information content (AvgIpc) is 2.93. The summed E-state index contributed by atoms with van der Waals surface area (Å²) in [6.45, 7) is 0.463. The first-order valence-electron chi connectivity index (χ1n) is 12.1. The van der Waals surface area contributed by atoms with Crippen LogP contribution < -0.4 is 22.0 Å². The molecule has 0 bridgehead atoms. The van der Waals surface area contributed by atoms with Crippen molar-refractivity contribution in [2.24, 2.45) is 5.92 Å². The Bertz CT molecular complexity index is 1340. The molecule has 4 aromatic rings. The summed E-state index contributed by atoms with van der Waals surface area (Å²) >= 11 is 5.50. The van der Waals surface area contributed by atoms with Crippen molar-refractivity contribution >= 4 is 28.4 Å². The molecule has 40 heavy (non-hydrogen) atoms. The van der Waals surface area contributed by atoms with Gasteiger partial charge in [-0.05, 0) is 65.5 Å². The Morgan fingerprint density at radius 1 is 0.875 bits per heavy atom. The zero-order valence-corrected chi connectivity index (χ0v) is 26.0. The van der Waals surface area contributed by atoms with Gasteiger partial charge in [0, 0.05) is 17.9 Å². The molecule has 2 atom stereocenters. The van der Waals surface area contributed by atoms with Gasteiger partial charge in [0.2, 0.25) is 11.1 Å². The molecule has 4 aromatic carbocycles. The van der Waals surface area contributed by atoms with Crippen molar-refractivity contribution in [3.05, 3.63) is 132 Å². The molecule has 202 valence electrons. The fraction of sp³-hybridized carbons (Fsp3) is 0.161. The van der Waals surface area contributed by atoms with Crippen molar-refractivity contribution in [3.8, 4) is 5.75 Å². The van der Waals surface area contributed by atoms with Gasteiger partial charge in [0.25, 0.3) is 0 Å². The summed E-state index contributed by atoms with van der Waals surface area (Å²) in [5.41, 5.74) is 2.61. The molecule has 4 nitrogen and oxygen atoms in total. The van der Waals surface area contributed by atoms with Crippen LogP contribution in [0, 0.1) is 23.6 Å². The molecule has 1 saturated heterocycles. The van der Waals surface area contributed by atoms with E-state index in [9.17, 15) is 18.4 Å². The summed E-state index contributed by atoms with van der Waals surface area (Å²) < 4.78 is 31.1. The van der Waals surface area contributed by atoms with E-state index < -0.39 is 5.24 Å². The monoisotopic (exact) mass is 631 g/mol. The van der Waals surface area contributed by atoms with Gasteiger partial charge in [-0.15, -0.1) is 12.1 Å². The molecule has 2 unspecified atom stereocenters.